The normalized spacial score (nSPS) is 10.1. The second-order valence-corrected chi connectivity index (χ2v) is 4.29. The summed E-state index contributed by atoms with van der Waals surface area (Å²) in [6, 6.07) is 3.40. The summed E-state index contributed by atoms with van der Waals surface area (Å²) < 4.78 is 0. The standard InChI is InChI=1S/C14H17N5O/c1-3-15-13-6-11(4-5-16-13)14(20)19-9-12-8-17-10(2)7-18-12/h4-8H,3,9H2,1-2H3,(H,15,16)(H,19,20). The zero-order valence-electron chi connectivity index (χ0n) is 11.6. The lowest BCUT2D eigenvalue weighted by Gasteiger charge is -2.07. The van der Waals surface area contributed by atoms with Gasteiger partial charge in [-0.15, -0.1) is 0 Å². The third-order valence-electron chi connectivity index (χ3n) is 2.64. The van der Waals surface area contributed by atoms with Crippen LogP contribution in [-0.4, -0.2) is 27.4 Å². The zero-order valence-corrected chi connectivity index (χ0v) is 11.6. The average molecular weight is 271 g/mol. The van der Waals surface area contributed by atoms with Crippen molar-refractivity contribution in [3.05, 3.63) is 47.7 Å². The first-order valence-electron chi connectivity index (χ1n) is 6.44. The Morgan fingerprint density at radius 3 is 2.80 bits per heavy atom. The summed E-state index contributed by atoms with van der Waals surface area (Å²) in [7, 11) is 0. The molecule has 20 heavy (non-hydrogen) atoms. The predicted octanol–water partition coefficient (Wildman–Crippen LogP) is 1.54. The number of amides is 1. The van der Waals surface area contributed by atoms with E-state index in [1.54, 1.807) is 30.7 Å². The molecule has 104 valence electrons. The number of nitrogens with one attached hydrogen (secondary N) is 2. The third-order valence-corrected chi connectivity index (χ3v) is 2.64. The highest BCUT2D eigenvalue weighted by atomic mass is 16.1. The maximum absolute atomic E-state index is 12.0. The van der Waals surface area contributed by atoms with Gasteiger partial charge < -0.3 is 10.6 Å². The number of aryl methyl sites for hydroxylation is 1. The largest absolute Gasteiger partial charge is 0.370 e. The fourth-order valence-corrected chi connectivity index (χ4v) is 1.63. The highest BCUT2D eigenvalue weighted by Crippen LogP contribution is 2.06. The van der Waals surface area contributed by atoms with Crippen molar-refractivity contribution >= 4 is 11.7 Å². The second-order valence-electron chi connectivity index (χ2n) is 4.29. The SMILES string of the molecule is CCNc1cc(C(=O)NCc2cnc(C)cn2)ccn1. The number of anilines is 1. The van der Waals surface area contributed by atoms with Crippen molar-refractivity contribution in [2.75, 3.05) is 11.9 Å². The fourth-order valence-electron chi connectivity index (χ4n) is 1.63. The summed E-state index contributed by atoms with van der Waals surface area (Å²) in [4.78, 5) is 24.5. The molecule has 0 aliphatic carbocycles. The molecule has 0 radical (unpaired) electrons. The number of hydrogen-bond acceptors (Lipinski definition) is 5. The van der Waals surface area contributed by atoms with Crippen molar-refractivity contribution in [2.24, 2.45) is 0 Å². The molecule has 0 atom stereocenters. The topological polar surface area (TPSA) is 79.8 Å². The van der Waals surface area contributed by atoms with Gasteiger partial charge in [-0.3, -0.25) is 14.8 Å². The van der Waals surface area contributed by atoms with E-state index in [-0.39, 0.29) is 5.91 Å². The molecule has 0 spiro atoms. The van der Waals surface area contributed by atoms with Crippen LogP contribution in [0.3, 0.4) is 0 Å². The first kappa shape index (κ1) is 13.9. The van der Waals surface area contributed by atoms with Crippen molar-refractivity contribution in [2.45, 2.75) is 20.4 Å². The molecule has 0 bridgehead atoms. The number of rotatable bonds is 5. The number of hydrogen-bond donors (Lipinski definition) is 2. The van der Waals surface area contributed by atoms with Crippen LogP contribution < -0.4 is 10.6 Å². The molecule has 6 nitrogen and oxygen atoms in total. The van der Waals surface area contributed by atoms with Crippen molar-refractivity contribution in [3.8, 4) is 0 Å². The maximum Gasteiger partial charge on any atom is 0.251 e. The van der Waals surface area contributed by atoms with E-state index in [1.165, 1.54) is 0 Å². The van der Waals surface area contributed by atoms with Gasteiger partial charge in [0.05, 0.1) is 24.1 Å². The van der Waals surface area contributed by atoms with Crippen LogP contribution in [0.1, 0.15) is 28.7 Å². The molecule has 2 heterocycles. The molecule has 0 unspecified atom stereocenters. The molecule has 2 rings (SSSR count). The molecule has 0 aromatic carbocycles. The smallest absolute Gasteiger partial charge is 0.251 e. The highest BCUT2D eigenvalue weighted by Gasteiger charge is 2.07. The minimum Gasteiger partial charge on any atom is -0.370 e. The van der Waals surface area contributed by atoms with Gasteiger partial charge in [0, 0.05) is 24.5 Å². The monoisotopic (exact) mass is 271 g/mol. The summed E-state index contributed by atoms with van der Waals surface area (Å²) >= 11 is 0. The van der Waals surface area contributed by atoms with Gasteiger partial charge in [0.1, 0.15) is 5.82 Å². The Bertz CT molecular complexity index is 582. The van der Waals surface area contributed by atoms with E-state index >= 15 is 0 Å². The van der Waals surface area contributed by atoms with Gasteiger partial charge in [0.15, 0.2) is 0 Å². The number of carbonyl (C=O) groups excluding carboxylic acids is 1. The number of nitrogens with zero attached hydrogens (tertiary/aromatic N) is 3. The molecule has 0 aliphatic rings. The molecule has 2 N–H and O–H groups in total. The van der Waals surface area contributed by atoms with Crippen molar-refractivity contribution in [1.82, 2.24) is 20.3 Å². The summed E-state index contributed by atoms with van der Waals surface area (Å²) in [6.07, 6.45) is 4.95. The average Bonchev–Trinajstić information content (AvgIpc) is 2.47. The van der Waals surface area contributed by atoms with Crippen LogP contribution in [0, 0.1) is 6.92 Å². The van der Waals surface area contributed by atoms with E-state index in [0.717, 1.165) is 17.9 Å². The van der Waals surface area contributed by atoms with Crippen LogP contribution in [-0.2, 0) is 6.54 Å². The van der Waals surface area contributed by atoms with Crippen molar-refractivity contribution in [3.63, 3.8) is 0 Å². The Hall–Kier alpha value is -2.50. The van der Waals surface area contributed by atoms with E-state index in [0.29, 0.717) is 17.9 Å². The molecule has 6 heteroatoms. The Morgan fingerprint density at radius 1 is 1.25 bits per heavy atom. The summed E-state index contributed by atoms with van der Waals surface area (Å²) in [5.74, 6) is 0.532. The van der Waals surface area contributed by atoms with Crippen LogP contribution in [0.2, 0.25) is 0 Å². The van der Waals surface area contributed by atoms with Crippen molar-refractivity contribution < 1.29 is 4.79 Å². The van der Waals surface area contributed by atoms with E-state index in [4.69, 9.17) is 0 Å². The van der Waals surface area contributed by atoms with E-state index in [2.05, 4.69) is 25.6 Å². The van der Waals surface area contributed by atoms with Gasteiger partial charge >= 0.3 is 0 Å². The molecule has 0 saturated heterocycles. The molecular weight excluding hydrogens is 254 g/mol. The first-order valence-corrected chi connectivity index (χ1v) is 6.44. The second kappa shape index (κ2) is 6.60. The number of carbonyl (C=O) groups is 1. The summed E-state index contributed by atoms with van der Waals surface area (Å²) in [5, 5.41) is 5.88. The Balaban J connectivity index is 1.97. The van der Waals surface area contributed by atoms with Gasteiger partial charge in [-0.05, 0) is 26.0 Å². The minimum absolute atomic E-state index is 0.158. The van der Waals surface area contributed by atoms with Crippen LogP contribution in [0.5, 0.6) is 0 Å². The molecular formula is C14H17N5O. The highest BCUT2D eigenvalue weighted by molar-refractivity contribution is 5.94. The molecule has 2 aromatic heterocycles. The van der Waals surface area contributed by atoms with Crippen LogP contribution >= 0.6 is 0 Å². The number of aromatic nitrogens is 3. The summed E-state index contributed by atoms with van der Waals surface area (Å²) in [5.41, 5.74) is 2.14. The fraction of sp³-hybridized carbons (Fsp3) is 0.286. The van der Waals surface area contributed by atoms with Crippen LogP contribution in [0.15, 0.2) is 30.7 Å². The minimum atomic E-state index is -0.158. The lowest BCUT2D eigenvalue weighted by molar-refractivity contribution is 0.0950. The first-order chi connectivity index (χ1) is 9.69. The lowest BCUT2D eigenvalue weighted by Crippen LogP contribution is -2.23. The molecule has 2 aromatic rings. The summed E-state index contributed by atoms with van der Waals surface area (Å²) in [6.45, 7) is 4.96. The lowest BCUT2D eigenvalue weighted by atomic mass is 10.2. The van der Waals surface area contributed by atoms with Gasteiger partial charge in [0.25, 0.3) is 5.91 Å². The third kappa shape index (κ3) is 3.74. The van der Waals surface area contributed by atoms with Crippen LogP contribution in [0.4, 0.5) is 5.82 Å². The maximum atomic E-state index is 12.0. The predicted molar refractivity (Wildman–Crippen MR) is 76.3 cm³/mol. The van der Waals surface area contributed by atoms with Gasteiger partial charge in [-0.2, -0.15) is 0 Å². The van der Waals surface area contributed by atoms with Crippen LogP contribution in [0.25, 0.3) is 0 Å². The molecule has 0 saturated carbocycles. The molecule has 0 aliphatic heterocycles. The quantitative estimate of drug-likeness (QED) is 0.862. The Kier molecular flexibility index (Phi) is 4.60. The Morgan fingerprint density at radius 2 is 2.10 bits per heavy atom. The van der Waals surface area contributed by atoms with E-state index in [1.807, 2.05) is 13.8 Å². The van der Waals surface area contributed by atoms with Gasteiger partial charge in [-0.1, -0.05) is 0 Å². The van der Waals surface area contributed by atoms with Crippen molar-refractivity contribution in [1.29, 1.82) is 0 Å². The zero-order chi connectivity index (χ0) is 14.4. The number of pyridine rings is 1. The molecule has 0 fully saturated rings. The van der Waals surface area contributed by atoms with Gasteiger partial charge in [-0.25, -0.2) is 4.98 Å². The van der Waals surface area contributed by atoms with Gasteiger partial charge in [0.2, 0.25) is 0 Å². The molecule has 1 amide bonds. The Labute approximate surface area is 117 Å². The van der Waals surface area contributed by atoms with E-state index in [9.17, 15) is 4.79 Å². The van der Waals surface area contributed by atoms with E-state index < -0.39 is 0 Å².